The quantitative estimate of drug-likeness (QED) is 0.0200. The molecule has 2 aliphatic rings. The Morgan fingerprint density at radius 1 is 0.726 bits per heavy atom. The Kier molecular flexibility index (Phi) is 28.1. The molecule has 4 N–H and O–H groups in total. The number of hydrogen-bond acceptors (Lipinski definition) is 15. The van der Waals surface area contributed by atoms with Crippen molar-refractivity contribution in [2.75, 3.05) is 65.2 Å². The van der Waals surface area contributed by atoms with E-state index < -0.39 is 101 Å². The van der Waals surface area contributed by atoms with Gasteiger partial charge in [-0.25, -0.2) is 9.59 Å². The first kappa shape index (κ1) is 74.6. The maximum Gasteiger partial charge on any atom is 0.330 e. The normalized spacial score (nSPS) is 15.8. The van der Waals surface area contributed by atoms with E-state index in [0.29, 0.717) is 84.6 Å². The Hall–Kier alpha value is -9.41. The summed E-state index contributed by atoms with van der Waals surface area (Å²) in [4.78, 5) is 158. The molecule has 23 heteroatoms. The highest BCUT2D eigenvalue weighted by molar-refractivity contribution is 6.38. The number of likely N-dealkylation sites (tertiary alicyclic amines) is 2. The lowest BCUT2D eigenvalue weighted by molar-refractivity contribution is -0.165. The number of nitrogens with one attached hydrogen (secondary N) is 4. The first-order valence-electron chi connectivity index (χ1n) is 32.6. The van der Waals surface area contributed by atoms with Gasteiger partial charge in [0.15, 0.2) is 11.5 Å². The molecule has 0 aliphatic carbocycles. The number of Topliss-reactive ketones (excluding diaryl/α,β-unsaturated/α-hetero) is 1. The van der Waals surface area contributed by atoms with Gasteiger partial charge in [-0.2, -0.15) is 0 Å². The Balaban J connectivity index is 1.20. The van der Waals surface area contributed by atoms with Gasteiger partial charge >= 0.3 is 11.9 Å². The summed E-state index contributed by atoms with van der Waals surface area (Å²) in [5, 5.41) is 11.3. The van der Waals surface area contributed by atoms with Gasteiger partial charge in [-0.05, 0) is 136 Å². The fraction of sp³-hybridized carbons (Fsp3) is 0.486. The van der Waals surface area contributed by atoms with Crippen LogP contribution in [0, 0.1) is 11.3 Å². The molecule has 2 heterocycles. The molecular weight excluding hydrogens is 1220 g/mol. The minimum atomic E-state index is -1.42. The predicted molar refractivity (Wildman–Crippen MR) is 357 cm³/mol. The van der Waals surface area contributed by atoms with Crippen LogP contribution >= 0.6 is 0 Å². The number of benzene rings is 4. The van der Waals surface area contributed by atoms with E-state index >= 15 is 4.79 Å². The van der Waals surface area contributed by atoms with Crippen molar-refractivity contribution in [3.05, 3.63) is 132 Å². The maximum atomic E-state index is 15.1. The van der Waals surface area contributed by atoms with Crippen molar-refractivity contribution in [3.8, 4) is 11.5 Å². The molecule has 6 atom stereocenters. The first-order valence-corrected chi connectivity index (χ1v) is 32.6. The van der Waals surface area contributed by atoms with E-state index in [9.17, 15) is 47.9 Å². The molecule has 2 saturated heterocycles. The Labute approximate surface area is 557 Å². The van der Waals surface area contributed by atoms with Crippen LogP contribution in [-0.4, -0.2) is 163 Å². The van der Waals surface area contributed by atoms with Crippen LogP contribution < -0.4 is 30.7 Å². The van der Waals surface area contributed by atoms with Crippen molar-refractivity contribution in [3.63, 3.8) is 0 Å². The average molecular weight is 1310 g/mol. The second-order valence-corrected chi connectivity index (χ2v) is 25.3. The van der Waals surface area contributed by atoms with Crippen molar-refractivity contribution in [2.45, 2.75) is 161 Å². The zero-order valence-corrected chi connectivity index (χ0v) is 56.5. The molecule has 0 unspecified atom stereocenters. The molecule has 0 spiro atoms. The van der Waals surface area contributed by atoms with Crippen LogP contribution in [0.3, 0.4) is 0 Å². The number of likely N-dealkylation sites (N-methyl/N-ethyl adjacent to an activating group) is 2. The third kappa shape index (κ3) is 21.3. The second kappa shape index (κ2) is 35.7. The number of hydrogen-bond donors (Lipinski definition) is 4. The Morgan fingerprint density at radius 2 is 1.39 bits per heavy atom. The van der Waals surface area contributed by atoms with Crippen LogP contribution in [0.4, 0.5) is 11.4 Å². The average Bonchev–Trinajstić information content (AvgIpc) is 1.82. The Morgan fingerprint density at radius 3 is 2.06 bits per heavy atom. The SMILES string of the molecule is C=CC(=O)OCC(C)(C)C(=O)C(=O)N1CCCC[C@H]1C(=O)O[C@H](CCc1ccc(OC)c(OC)c1)c1cccc(NC(=O)CCC(=O)N[C@H](C(=O)N[C@@H](Cc2cccc(NC(C)=O)c2)C(=O)N2CCC[C@@H]2C(=O)N(C)[C@@H](CC(C)C)C(=O)N(C)CCCC)c2ccccc2)c1. The number of ether oxygens (including phenoxy) is 4. The number of aryl methyl sites for hydroxylation is 1. The van der Waals surface area contributed by atoms with Gasteiger partial charge in [0.25, 0.3) is 5.91 Å². The molecule has 0 radical (unpaired) electrons. The highest BCUT2D eigenvalue weighted by Crippen LogP contribution is 2.33. The van der Waals surface area contributed by atoms with Gasteiger partial charge < -0.3 is 59.8 Å². The molecule has 0 saturated carbocycles. The molecule has 8 amide bonds. The largest absolute Gasteiger partial charge is 0.493 e. The Bertz CT molecular complexity index is 3390. The third-order valence-electron chi connectivity index (χ3n) is 17.0. The van der Waals surface area contributed by atoms with E-state index in [1.807, 2.05) is 26.8 Å². The first-order chi connectivity index (χ1) is 45.3. The molecular formula is C72H94N8O15. The van der Waals surface area contributed by atoms with Crippen molar-refractivity contribution < 1.29 is 71.7 Å². The van der Waals surface area contributed by atoms with E-state index in [0.717, 1.165) is 24.5 Å². The maximum absolute atomic E-state index is 15.1. The van der Waals surface area contributed by atoms with Gasteiger partial charge in [0, 0.05) is 77.4 Å². The lowest BCUT2D eigenvalue weighted by Gasteiger charge is -2.36. The number of esters is 2. The number of ketones is 1. The van der Waals surface area contributed by atoms with E-state index in [1.165, 1.54) is 49.7 Å². The number of methoxy groups -OCH3 is 2. The summed E-state index contributed by atoms with van der Waals surface area (Å²) in [7, 11) is 6.35. The highest BCUT2D eigenvalue weighted by atomic mass is 16.5. The van der Waals surface area contributed by atoms with Gasteiger partial charge in [0.05, 0.1) is 19.6 Å². The van der Waals surface area contributed by atoms with Crippen LogP contribution in [0.15, 0.2) is 110 Å². The molecule has 512 valence electrons. The lowest BCUT2D eigenvalue weighted by atomic mass is 9.87. The van der Waals surface area contributed by atoms with Crippen LogP contribution in [-0.2, 0) is 75.1 Å². The van der Waals surface area contributed by atoms with Crippen molar-refractivity contribution in [1.82, 2.24) is 30.2 Å². The van der Waals surface area contributed by atoms with E-state index in [-0.39, 0.29) is 62.9 Å². The van der Waals surface area contributed by atoms with Crippen LogP contribution in [0.2, 0.25) is 0 Å². The molecule has 0 bridgehead atoms. The molecule has 0 aromatic heterocycles. The smallest absolute Gasteiger partial charge is 0.330 e. The van der Waals surface area contributed by atoms with Crippen LogP contribution in [0.5, 0.6) is 11.5 Å². The highest BCUT2D eigenvalue weighted by Gasteiger charge is 2.44. The molecule has 6 rings (SSSR count). The summed E-state index contributed by atoms with van der Waals surface area (Å²) < 4.78 is 22.4. The van der Waals surface area contributed by atoms with Gasteiger partial charge in [-0.15, -0.1) is 0 Å². The molecule has 2 fully saturated rings. The van der Waals surface area contributed by atoms with Crippen LogP contribution in [0.1, 0.15) is 147 Å². The fourth-order valence-electron chi connectivity index (χ4n) is 11.7. The van der Waals surface area contributed by atoms with E-state index in [2.05, 4.69) is 27.8 Å². The third-order valence-corrected chi connectivity index (χ3v) is 17.0. The molecule has 4 aromatic carbocycles. The topological polar surface area (TPSA) is 286 Å². The summed E-state index contributed by atoms with van der Waals surface area (Å²) in [5.41, 5.74) is 1.55. The number of rotatable bonds is 33. The summed E-state index contributed by atoms with van der Waals surface area (Å²) in [6.07, 6.45) is 3.93. The predicted octanol–water partition coefficient (Wildman–Crippen LogP) is 8.01. The van der Waals surface area contributed by atoms with Crippen molar-refractivity contribution in [2.24, 2.45) is 11.3 Å². The lowest BCUT2D eigenvalue weighted by Crippen LogP contribution is -2.58. The minimum Gasteiger partial charge on any atom is -0.493 e. The number of unbranched alkanes of at least 4 members (excludes halogenated alkanes) is 1. The van der Waals surface area contributed by atoms with Crippen molar-refractivity contribution in [1.29, 1.82) is 0 Å². The van der Waals surface area contributed by atoms with Gasteiger partial charge in [-0.1, -0.05) is 94.4 Å². The van der Waals surface area contributed by atoms with Crippen LogP contribution in [0.25, 0.3) is 0 Å². The zero-order valence-electron chi connectivity index (χ0n) is 56.5. The van der Waals surface area contributed by atoms with Gasteiger partial charge in [0.1, 0.15) is 42.9 Å². The number of carbonyl (C=O) groups is 11. The van der Waals surface area contributed by atoms with Crippen molar-refractivity contribution >= 4 is 76.4 Å². The summed E-state index contributed by atoms with van der Waals surface area (Å²) in [6.45, 7) is 14.1. The molecule has 23 nitrogen and oxygen atoms in total. The number of nitrogens with zero attached hydrogens (tertiary/aromatic N) is 4. The van der Waals surface area contributed by atoms with Gasteiger partial charge in [-0.3, -0.25) is 43.2 Å². The second-order valence-electron chi connectivity index (χ2n) is 25.3. The van der Waals surface area contributed by atoms with Gasteiger partial charge in [0.2, 0.25) is 47.1 Å². The summed E-state index contributed by atoms with van der Waals surface area (Å²) in [6, 6.07) is 21.7. The monoisotopic (exact) mass is 1310 g/mol. The van der Waals surface area contributed by atoms with E-state index in [4.69, 9.17) is 18.9 Å². The number of amides is 8. The number of piperidine rings is 1. The minimum absolute atomic E-state index is 0.0651. The standard InChI is InChI=1S/C72H94N8O15/c1-12-14-37-77(8)68(88)57(40-46(3)4)78(9)69(89)55-30-22-39-79(55)67(87)54(42-49-23-20-27-52(41-49)73-47(5)81)75-66(86)64(50-24-16-15-17-25-50)76-62(83)36-35-61(82)74-53-28-21-26-51(44-53)58(33-31-48-32-34-59(92-10)60(43-48)93-11)95-71(91)56-29-18-19-38-80(56)70(90)65(85)72(6,7)45-94-63(84)13-2/h13,15-17,20-21,23-28,32,34,41,43-44,46,54-58,64H,2,12,14,18-19,22,29-31,33,35-40,42,45H2,1,3-11H3,(H,73,81)(H,74,82)(H,75,86)(H,76,83)/t54-,55+,56-,57-,58+,64-/m0/s1. The molecule has 95 heavy (non-hydrogen) atoms. The summed E-state index contributed by atoms with van der Waals surface area (Å²) in [5.74, 6) is -5.71. The molecule has 4 aromatic rings. The zero-order chi connectivity index (χ0) is 69.5. The summed E-state index contributed by atoms with van der Waals surface area (Å²) >= 11 is 0. The number of anilines is 2. The molecule has 2 aliphatic heterocycles. The van der Waals surface area contributed by atoms with E-state index in [1.54, 1.807) is 110 Å². The number of carbonyl (C=O) groups excluding carboxylic acids is 11. The fourth-order valence-corrected chi connectivity index (χ4v) is 11.7.